The lowest BCUT2D eigenvalue weighted by Crippen LogP contribution is -2.32. The number of carbonyl (C=O) groups is 1. The monoisotopic (exact) mass is 272 g/mol. The average Bonchev–Trinajstić information content (AvgIpc) is 2.43. The normalized spacial score (nSPS) is 10.8. The highest BCUT2D eigenvalue weighted by atomic mass is 16.1. The molecule has 0 saturated carbocycles. The summed E-state index contributed by atoms with van der Waals surface area (Å²) in [7, 11) is 0. The van der Waals surface area contributed by atoms with Gasteiger partial charge in [0, 0.05) is 23.8 Å². The van der Waals surface area contributed by atoms with E-state index in [2.05, 4.69) is 29.5 Å². The molecule has 2 aromatic rings. The first-order valence-corrected chi connectivity index (χ1v) is 6.71. The lowest BCUT2D eigenvalue weighted by Gasteiger charge is -2.11. The summed E-state index contributed by atoms with van der Waals surface area (Å²) in [6, 6.07) is 7.47. The molecule has 1 amide bonds. The highest BCUT2D eigenvalue weighted by Gasteiger charge is 2.06. The van der Waals surface area contributed by atoms with Crippen LogP contribution >= 0.6 is 0 Å². The maximum Gasteiger partial charge on any atom is 0.239 e. The molecule has 0 aliphatic carbocycles. The molecule has 4 N–H and O–H groups in total. The van der Waals surface area contributed by atoms with Gasteiger partial charge in [0.15, 0.2) is 0 Å². The van der Waals surface area contributed by atoms with Crippen molar-refractivity contribution in [1.29, 1.82) is 0 Å². The van der Waals surface area contributed by atoms with Gasteiger partial charge in [-0.2, -0.15) is 0 Å². The third kappa shape index (κ3) is 3.38. The molecule has 0 atom stereocenters. The van der Waals surface area contributed by atoms with E-state index in [-0.39, 0.29) is 12.5 Å². The van der Waals surface area contributed by atoms with Crippen molar-refractivity contribution in [2.24, 2.45) is 5.92 Å². The average molecular weight is 272 g/mol. The van der Waals surface area contributed by atoms with Crippen LogP contribution in [0.25, 0.3) is 10.9 Å². The molecule has 0 saturated heterocycles. The van der Waals surface area contributed by atoms with Gasteiger partial charge in [-0.25, -0.2) is 0 Å². The van der Waals surface area contributed by atoms with Crippen LogP contribution in [0.1, 0.15) is 13.8 Å². The molecule has 5 nitrogen and oxygen atoms in total. The van der Waals surface area contributed by atoms with Crippen molar-refractivity contribution < 1.29 is 4.79 Å². The van der Waals surface area contributed by atoms with Gasteiger partial charge in [-0.15, -0.1) is 0 Å². The fraction of sp³-hybridized carbons (Fsp3) is 0.333. The molecule has 0 radical (unpaired) electrons. The van der Waals surface area contributed by atoms with E-state index in [9.17, 15) is 4.79 Å². The highest BCUT2D eigenvalue weighted by molar-refractivity contribution is 5.98. The maximum absolute atomic E-state index is 11.7. The van der Waals surface area contributed by atoms with Gasteiger partial charge in [-0.05, 0) is 18.1 Å². The third-order valence-electron chi connectivity index (χ3n) is 2.95. The third-order valence-corrected chi connectivity index (χ3v) is 2.95. The molecule has 1 heterocycles. The van der Waals surface area contributed by atoms with Gasteiger partial charge in [-0.1, -0.05) is 26.0 Å². The standard InChI is InChI=1S/C15H20N4O/c1-10(2)8-19-14(20)9-18-13-6-7-17-15-11(13)4-3-5-12(15)16/h3-7,10H,8-9,16H2,1-2H3,(H,17,18)(H,19,20). The topological polar surface area (TPSA) is 80.0 Å². The minimum atomic E-state index is -0.0208. The second-order valence-corrected chi connectivity index (χ2v) is 5.15. The van der Waals surface area contributed by atoms with Crippen LogP contribution in [0.3, 0.4) is 0 Å². The van der Waals surface area contributed by atoms with E-state index >= 15 is 0 Å². The van der Waals surface area contributed by atoms with Crippen LogP contribution in [0, 0.1) is 5.92 Å². The number of nitrogen functional groups attached to an aromatic ring is 1. The lowest BCUT2D eigenvalue weighted by molar-refractivity contribution is -0.119. The minimum absolute atomic E-state index is 0.0208. The van der Waals surface area contributed by atoms with Crippen LogP contribution in [0.5, 0.6) is 0 Å². The van der Waals surface area contributed by atoms with Crippen LogP contribution in [0.2, 0.25) is 0 Å². The molecule has 20 heavy (non-hydrogen) atoms. The fourth-order valence-electron chi connectivity index (χ4n) is 1.91. The quantitative estimate of drug-likeness (QED) is 0.727. The molecular weight excluding hydrogens is 252 g/mol. The van der Waals surface area contributed by atoms with Crippen LogP contribution in [-0.4, -0.2) is 24.0 Å². The summed E-state index contributed by atoms with van der Waals surface area (Å²) < 4.78 is 0. The molecule has 0 fully saturated rings. The van der Waals surface area contributed by atoms with Gasteiger partial charge >= 0.3 is 0 Å². The zero-order chi connectivity index (χ0) is 14.5. The Morgan fingerprint density at radius 2 is 2.15 bits per heavy atom. The van der Waals surface area contributed by atoms with Crippen molar-refractivity contribution >= 4 is 28.2 Å². The molecule has 0 spiro atoms. The number of nitrogens with two attached hydrogens (primary N) is 1. The number of pyridine rings is 1. The van der Waals surface area contributed by atoms with Gasteiger partial charge < -0.3 is 16.4 Å². The van der Waals surface area contributed by atoms with E-state index in [0.29, 0.717) is 18.2 Å². The summed E-state index contributed by atoms with van der Waals surface area (Å²) in [6.45, 7) is 5.05. The maximum atomic E-state index is 11.7. The Morgan fingerprint density at radius 1 is 1.35 bits per heavy atom. The van der Waals surface area contributed by atoms with Gasteiger partial charge in [0.05, 0.1) is 17.7 Å². The van der Waals surface area contributed by atoms with Crippen molar-refractivity contribution in [3.63, 3.8) is 0 Å². The van der Waals surface area contributed by atoms with Crippen LogP contribution < -0.4 is 16.4 Å². The molecule has 0 unspecified atom stereocenters. The molecule has 0 bridgehead atoms. The van der Waals surface area contributed by atoms with E-state index in [4.69, 9.17) is 5.73 Å². The van der Waals surface area contributed by atoms with Crippen LogP contribution in [0.15, 0.2) is 30.5 Å². The molecule has 5 heteroatoms. The molecule has 106 valence electrons. The Kier molecular flexibility index (Phi) is 4.40. The number of hydrogen-bond donors (Lipinski definition) is 3. The number of carbonyl (C=O) groups excluding carboxylic acids is 1. The Morgan fingerprint density at radius 3 is 2.90 bits per heavy atom. The highest BCUT2D eigenvalue weighted by Crippen LogP contribution is 2.25. The second kappa shape index (κ2) is 6.23. The van der Waals surface area contributed by atoms with Crippen molar-refractivity contribution in [1.82, 2.24) is 10.3 Å². The van der Waals surface area contributed by atoms with Crippen LogP contribution in [-0.2, 0) is 4.79 Å². The first-order valence-electron chi connectivity index (χ1n) is 6.71. The Bertz CT molecular complexity index is 610. The smallest absolute Gasteiger partial charge is 0.239 e. The van der Waals surface area contributed by atoms with Crippen molar-refractivity contribution in [2.75, 3.05) is 24.1 Å². The van der Waals surface area contributed by atoms with Gasteiger partial charge in [-0.3, -0.25) is 9.78 Å². The molecule has 1 aromatic carbocycles. The number of anilines is 2. The van der Waals surface area contributed by atoms with E-state index in [1.54, 1.807) is 6.20 Å². The van der Waals surface area contributed by atoms with Crippen molar-refractivity contribution in [3.8, 4) is 0 Å². The van der Waals surface area contributed by atoms with Gasteiger partial charge in [0.2, 0.25) is 5.91 Å². The number of amides is 1. The number of benzene rings is 1. The first-order chi connectivity index (χ1) is 9.58. The molecular formula is C15H20N4O. The number of rotatable bonds is 5. The zero-order valence-corrected chi connectivity index (χ0v) is 11.8. The first kappa shape index (κ1) is 14.1. The largest absolute Gasteiger partial charge is 0.397 e. The summed E-state index contributed by atoms with van der Waals surface area (Å²) in [4.78, 5) is 16.0. The number of fused-ring (bicyclic) bond motifs is 1. The molecule has 2 rings (SSSR count). The number of para-hydroxylation sites is 1. The van der Waals surface area contributed by atoms with E-state index < -0.39 is 0 Å². The minimum Gasteiger partial charge on any atom is -0.397 e. The molecule has 0 aliphatic heterocycles. The lowest BCUT2D eigenvalue weighted by atomic mass is 10.1. The molecule has 0 aliphatic rings. The van der Waals surface area contributed by atoms with Gasteiger partial charge in [0.1, 0.15) is 0 Å². The summed E-state index contributed by atoms with van der Waals surface area (Å²) in [5.74, 6) is 0.424. The SMILES string of the molecule is CC(C)CNC(=O)CNc1ccnc2c(N)cccc12. The number of nitrogens with zero attached hydrogens (tertiary/aromatic N) is 1. The predicted molar refractivity (Wildman–Crippen MR) is 82.5 cm³/mol. The summed E-state index contributed by atoms with van der Waals surface area (Å²) in [5.41, 5.74) is 8.14. The Balaban J connectivity index is 2.07. The van der Waals surface area contributed by atoms with E-state index in [1.165, 1.54) is 0 Å². The number of hydrogen-bond acceptors (Lipinski definition) is 4. The van der Waals surface area contributed by atoms with Crippen molar-refractivity contribution in [2.45, 2.75) is 13.8 Å². The predicted octanol–water partition coefficient (Wildman–Crippen LogP) is 2.00. The fourth-order valence-corrected chi connectivity index (χ4v) is 1.91. The van der Waals surface area contributed by atoms with E-state index in [0.717, 1.165) is 16.6 Å². The van der Waals surface area contributed by atoms with Gasteiger partial charge in [0.25, 0.3) is 0 Å². The Labute approximate surface area is 118 Å². The summed E-state index contributed by atoms with van der Waals surface area (Å²) in [5, 5.41) is 6.92. The Hall–Kier alpha value is -2.30. The number of aromatic nitrogens is 1. The zero-order valence-electron chi connectivity index (χ0n) is 11.8. The second-order valence-electron chi connectivity index (χ2n) is 5.15. The molecule has 1 aromatic heterocycles. The van der Waals surface area contributed by atoms with E-state index in [1.807, 2.05) is 24.3 Å². The van der Waals surface area contributed by atoms with Crippen molar-refractivity contribution in [3.05, 3.63) is 30.5 Å². The number of nitrogens with one attached hydrogen (secondary N) is 2. The van der Waals surface area contributed by atoms with Crippen LogP contribution in [0.4, 0.5) is 11.4 Å². The summed E-state index contributed by atoms with van der Waals surface area (Å²) >= 11 is 0. The summed E-state index contributed by atoms with van der Waals surface area (Å²) in [6.07, 6.45) is 1.69.